The van der Waals surface area contributed by atoms with Gasteiger partial charge in [-0.3, -0.25) is 14.5 Å². The van der Waals surface area contributed by atoms with E-state index < -0.39 is 5.97 Å². The minimum absolute atomic E-state index is 0.0211. The molecule has 0 unspecified atom stereocenters. The van der Waals surface area contributed by atoms with Gasteiger partial charge in [0.15, 0.2) is 0 Å². The summed E-state index contributed by atoms with van der Waals surface area (Å²) in [4.78, 5) is 24.7. The molecule has 1 aliphatic rings. The van der Waals surface area contributed by atoms with Crippen LogP contribution < -0.4 is 4.74 Å². The fourth-order valence-corrected chi connectivity index (χ4v) is 3.30. The lowest BCUT2D eigenvalue weighted by molar-refractivity contribution is -0.137. The van der Waals surface area contributed by atoms with Crippen molar-refractivity contribution >= 4 is 46.3 Å². The minimum atomic E-state index is -0.910. The van der Waals surface area contributed by atoms with Crippen LogP contribution in [0, 0.1) is 0 Å². The van der Waals surface area contributed by atoms with Crippen LogP contribution in [0.2, 0.25) is 0 Å². The first-order valence-corrected chi connectivity index (χ1v) is 7.99. The molecule has 122 valence electrons. The molecule has 1 heterocycles. The number of carboxylic acid groups (broad SMARTS) is 1. The van der Waals surface area contributed by atoms with Crippen molar-refractivity contribution in [1.82, 2.24) is 4.90 Å². The molecular formula is C15H15NO5S2. The minimum Gasteiger partial charge on any atom is -0.507 e. The number of amides is 1. The Morgan fingerprint density at radius 2 is 2.22 bits per heavy atom. The van der Waals surface area contributed by atoms with Gasteiger partial charge < -0.3 is 14.9 Å². The topological polar surface area (TPSA) is 87.1 Å². The molecule has 1 aromatic carbocycles. The van der Waals surface area contributed by atoms with Crippen LogP contribution in [0.25, 0.3) is 6.08 Å². The number of rotatable bonds is 6. The third-order valence-electron chi connectivity index (χ3n) is 3.17. The van der Waals surface area contributed by atoms with E-state index in [1.165, 1.54) is 18.1 Å². The van der Waals surface area contributed by atoms with Crippen molar-refractivity contribution in [3.05, 3.63) is 28.7 Å². The molecule has 1 saturated heterocycles. The third-order valence-corrected chi connectivity index (χ3v) is 4.55. The molecule has 6 nitrogen and oxygen atoms in total. The second-order valence-electron chi connectivity index (χ2n) is 4.76. The number of nitrogens with zero attached hydrogens (tertiary/aromatic N) is 1. The molecule has 0 atom stereocenters. The van der Waals surface area contributed by atoms with Gasteiger partial charge >= 0.3 is 5.97 Å². The van der Waals surface area contributed by atoms with E-state index in [-0.39, 0.29) is 24.6 Å². The number of methoxy groups -OCH3 is 1. The van der Waals surface area contributed by atoms with Gasteiger partial charge in [-0.25, -0.2) is 0 Å². The Morgan fingerprint density at radius 3 is 2.87 bits per heavy atom. The molecule has 0 radical (unpaired) electrons. The average Bonchev–Trinajstić information content (AvgIpc) is 2.76. The van der Waals surface area contributed by atoms with Gasteiger partial charge in [-0.15, -0.1) is 0 Å². The van der Waals surface area contributed by atoms with E-state index in [4.69, 9.17) is 22.1 Å². The largest absolute Gasteiger partial charge is 0.507 e. The maximum absolute atomic E-state index is 12.4. The Balaban J connectivity index is 2.16. The first-order valence-electron chi connectivity index (χ1n) is 6.76. The quantitative estimate of drug-likeness (QED) is 0.600. The highest BCUT2D eigenvalue weighted by Crippen LogP contribution is 2.35. The molecule has 1 fully saturated rings. The summed E-state index contributed by atoms with van der Waals surface area (Å²) >= 11 is 6.29. The fourth-order valence-electron chi connectivity index (χ4n) is 2.00. The number of hydrogen-bond acceptors (Lipinski definition) is 6. The summed E-state index contributed by atoms with van der Waals surface area (Å²) in [6.45, 7) is 0.262. The maximum Gasteiger partial charge on any atom is 0.303 e. The number of benzene rings is 1. The van der Waals surface area contributed by atoms with Crippen LogP contribution in [0.5, 0.6) is 11.5 Å². The Kier molecular flexibility index (Phi) is 5.62. The van der Waals surface area contributed by atoms with E-state index in [9.17, 15) is 14.7 Å². The number of carboxylic acids is 1. The van der Waals surface area contributed by atoms with Gasteiger partial charge in [-0.2, -0.15) is 0 Å². The number of phenolic OH excluding ortho intramolecular Hbond substituents is 1. The molecule has 0 saturated carbocycles. The first kappa shape index (κ1) is 17.3. The van der Waals surface area contributed by atoms with Crippen LogP contribution in [0.4, 0.5) is 0 Å². The predicted molar refractivity (Wildman–Crippen MR) is 91.4 cm³/mol. The van der Waals surface area contributed by atoms with E-state index in [1.54, 1.807) is 18.2 Å². The predicted octanol–water partition coefficient (Wildman–Crippen LogP) is 2.47. The number of hydrogen-bond donors (Lipinski definition) is 2. The molecule has 8 heteroatoms. The summed E-state index contributed by atoms with van der Waals surface area (Å²) in [5.41, 5.74) is 0.454. The Morgan fingerprint density at radius 1 is 1.48 bits per heavy atom. The van der Waals surface area contributed by atoms with Crippen LogP contribution in [-0.4, -0.2) is 45.0 Å². The van der Waals surface area contributed by atoms with Crippen molar-refractivity contribution in [1.29, 1.82) is 0 Å². The van der Waals surface area contributed by atoms with Crippen LogP contribution in [0.15, 0.2) is 23.1 Å². The lowest BCUT2D eigenvalue weighted by Crippen LogP contribution is -2.29. The smallest absolute Gasteiger partial charge is 0.303 e. The second-order valence-corrected chi connectivity index (χ2v) is 6.43. The number of thioether (sulfide) groups is 1. The van der Waals surface area contributed by atoms with Gasteiger partial charge in [0.25, 0.3) is 5.91 Å². The van der Waals surface area contributed by atoms with E-state index in [2.05, 4.69) is 0 Å². The van der Waals surface area contributed by atoms with Crippen molar-refractivity contribution in [3.8, 4) is 11.5 Å². The summed E-state index contributed by atoms with van der Waals surface area (Å²) in [5, 5.41) is 18.5. The molecule has 0 spiro atoms. The number of aliphatic carboxylic acids is 1. The average molecular weight is 353 g/mol. The molecule has 1 amide bonds. The Bertz CT molecular complexity index is 686. The van der Waals surface area contributed by atoms with E-state index in [1.807, 2.05) is 0 Å². The van der Waals surface area contributed by atoms with Crippen molar-refractivity contribution < 1.29 is 24.5 Å². The zero-order valence-corrected chi connectivity index (χ0v) is 13.9. The van der Waals surface area contributed by atoms with E-state index in [0.717, 1.165) is 11.8 Å². The molecule has 0 aliphatic carbocycles. The number of phenols is 1. The van der Waals surface area contributed by atoms with Crippen molar-refractivity contribution in [2.24, 2.45) is 0 Å². The lowest BCUT2D eigenvalue weighted by Gasteiger charge is -2.13. The summed E-state index contributed by atoms with van der Waals surface area (Å²) in [6.07, 6.45) is 1.86. The molecule has 0 bridgehead atoms. The second kappa shape index (κ2) is 7.47. The van der Waals surface area contributed by atoms with Gasteiger partial charge in [0.2, 0.25) is 0 Å². The highest BCUT2D eigenvalue weighted by molar-refractivity contribution is 8.26. The summed E-state index contributed by atoms with van der Waals surface area (Å²) in [5.74, 6) is -0.604. The lowest BCUT2D eigenvalue weighted by atomic mass is 10.1. The van der Waals surface area contributed by atoms with E-state index >= 15 is 0 Å². The van der Waals surface area contributed by atoms with Gasteiger partial charge in [0.05, 0.1) is 12.0 Å². The third kappa shape index (κ3) is 4.23. The molecule has 23 heavy (non-hydrogen) atoms. The van der Waals surface area contributed by atoms with Gasteiger partial charge in [-0.05, 0) is 30.7 Å². The molecule has 2 N–H and O–H groups in total. The van der Waals surface area contributed by atoms with Crippen LogP contribution >= 0.6 is 24.0 Å². The van der Waals surface area contributed by atoms with Gasteiger partial charge in [0, 0.05) is 18.5 Å². The number of aromatic hydroxyl groups is 1. The molecule has 1 aliphatic heterocycles. The maximum atomic E-state index is 12.4. The molecule has 0 aromatic heterocycles. The normalized spacial score (nSPS) is 16.2. The summed E-state index contributed by atoms with van der Waals surface area (Å²) in [7, 11) is 1.51. The zero-order valence-electron chi connectivity index (χ0n) is 12.3. The van der Waals surface area contributed by atoms with E-state index in [0.29, 0.717) is 27.0 Å². The SMILES string of the molecule is COc1ccc(O)c(/C=C2\SC(=S)N(CCCC(=O)O)C2=O)c1. The van der Waals surface area contributed by atoms with Gasteiger partial charge in [0.1, 0.15) is 15.8 Å². The standard InChI is InChI=1S/C15H15NO5S2/c1-21-10-4-5-11(17)9(7-10)8-12-14(20)16(15(22)23-12)6-2-3-13(18)19/h4-5,7-8,17H,2-3,6H2,1H3,(H,18,19)/b12-8-. The summed E-state index contributed by atoms with van der Waals surface area (Å²) < 4.78 is 5.48. The monoisotopic (exact) mass is 353 g/mol. The zero-order chi connectivity index (χ0) is 17.0. The van der Waals surface area contributed by atoms with Crippen LogP contribution in [0.1, 0.15) is 18.4 Å². The van der Waals surface area contributed by atoms with Crippen molar-refractivity contribution in [2.75, 3.05) is 13.7 Å². The number of ether oxygens (including phenoxy) is 1. The van der Waals surface area contributed by atoms with Crippen LogP contribution in [0.3, 0.4) is 0 Å². The van der Waals surface area contributed by atoms with Crippen molar-refractivity contribution in [3.63, 3.8) is 0 Å². The molecular weight excluding hydrogens is 338 g/mol. The first-order chi connectivity index (χ1) is 10.9. The van der Waals surface area contributed by atoms with Gasteiger partial charge in [-0.1, -0.05) is 24.0 Å². The number of carbonyl (C=O) groups is 2. The Labute approximate surface area is 142 Å². The molecule has 1 aromatic rings. The highest BCUT2D eigenvalue weighted by atomic mass is 32.2. The summed E-state index contributed by atoms with van der Waals surface area (Å²) in [6, 6.07) is 4.72. The number of carbonyl (C=O) groups excluding carboxylic acids is 1. The van der Waals surface area contributed by atoms with Crippen LogP contribution in [-0.2, 0) is 9.59 Å². The number of thiocarbonyl (C=S) groups is 1. The molecule has 2 rings (SSSR count). The highest BCUT2D eigenvalue weighted by Gasteiger charge is 2.31. The Hall–Kier alpha value is -2.06. The van der Waals surface area contributed by atoms with Crippen molar-refractivity contribution in [2.45, 2.75) is 12.8 Å². The fraction of sp³-hybridized carbons (Fsp3) is 0.267.